The number of thiazole rings is 1. The molecule has 2 heterocycles. The Morgan fingerprint density at radius 2 is 2.24 bits per heavy atom. The lowest BCUT2D eigenvalue weighted by molar-refractivity contribution is 0.251. The van der Waals surface area contributed by atoms with Crippen molar-refractivity contribution in [1.29, 1.82) is 0 Å². The number of nitrogens with zero attached hydrogens (tertiary/aromatic N) is 4. The van der Waals surface area contributed by atoms with Crippen LogP contribution in [0.2, 0.25) is 0 Å². The minimum atomic E-state index is -0.258. The van der Waals surface area contributed by atoms with Crippen LogP contribution in [0.3, 0.4) is 0 Å². The van der Waals surface area contributed by atoms with E-state index in [0.29, 0.717) is 12.4 Å². The quantitative estimate of drug-likeness (QED) is 0.879. The van der Waals surface area contributed by atoms with Crippen LogP contribution in [-0.2, 0) is 20.1 Å². The van der Waals surface area contributed by atoms with E-state index in [1.165, 1.54) is 0 Å². The lowest BCUT2D eigenvalue weighted by Gasteiger charge is -2.08. The number of rotatable bonds is 5. The summed E-state index contributed by atoms with van der Waals surface area (Å²) in [6, 6.07) is -0.258. The summed E-state index contributed by atoms with van der Waals surface area (Å²) in [6.45, 7) is 3.12. The Labute approximate surface area is 128 Å². The molecule has 0 aliphatic heterocycles. The van der Waals surface area contributed by atoms with Gasteiger partial charge < -0.3 is 10.2 Å². The molecule has 0 saturated carbocycles. The van der Waals surface area contributed by atoms with Gasteiger partial charge >= 0.3 is 6.03 Å². The number of aromatic nitrogens is 3. The number of urea groups is 1. The third kappa shape index (κ3) is 4.27. The van der Waals surface area contributed by atoms with Crippen LogP contribution >= 0.6 is 11.3 Å². The molecule has 8 heteroatoms. The van der Waals surface area contributed by atoms with Crippen molar-refractivity contribution in [2.75, 3.05) is 19.4 Å². The predicted octanol–water partition coefficient (Wildman–Crippen LogP) is 1.57. The minimum Gasteiger partial charge on any atom is -0.331 e. The van der Waals surface area contributed by atoms with E-state index < -0.39 is 0 Å². The summed E-state index contributed by atoms with van der Waals surface area (Å²) in [5.41, 5.74) is 1.94. The highest BCUT2D eigenvalue weighted by molar-refractivity contribution is 7.09. The fourth-order valence-corrected chi connectivity index (χ4v) is 2.59. The molecule has 2 rings (SSSR count). The van der Waals surface area contributed by atoms with E-state index in [9.17, 15) is 4.79 Å². The second kappa shape index (κ2) is 6.68. The number of anilines is 1. The third-order valence-electron chi connectivity index (χ3n) is 2.83. The molecule has 0 bridgehead atoms. The molecule has 21 heavy (non-hydrogen) atoms. The van der Waals surface area contributed by atoms with Crippen molar-refractivity contribution in [3.8, 4) is 0 Å². The first-order valence-electron chi connectivity index (χ1n) is 6.57. The SMILES string of the molecule is Cc1cnn(C)c1NC(=O)NCc1nc(CN(C)C)cs1. The molecule has 0 fully saturated rings. The van der Waals surface area contributed by atoms with Crippen LogP contribution in [-0.4, -0.2) is 39.8 Å². The summed E-state index contributed by atoms with van der Waals surface area (Å²) < 4.78 is 1.63. The third-order valence-corrected chi connectivity index (χ3v) is 3.73. The molecule has 0 aliphatic rings. The molecule has 2 aromatic rings. The number of hydrogen-bond donors (Lipinski definition) is 2. The van der Waals surface area contributed by atoms with Gasteiger partial charge in [0.15, 0.2) is 0 Å². The predicted molar refractivity (Wildman–Crippen MR) is 83.3 cm³/mol. The fourth-order valence-electron chi connectivity index (χ4n) is 1.86. The zero-order chi connectivity index (χ0) is 15.4. The molecule has 0 aromatic carbocycles. The second-order valence-corrected chi connectivity index (χ2v) is 6.02. The Morgan fingerprint density at radius 1 is 1.48 bits per heavy atom. The highest BCUT2D eigenvalue weighted by Crippen LogP contribution is 2.13. The molecule has 0 spiro atoms. The van der Waals surface area contributed by atoms with Crippen molar-refractivity contribution in [2.45, 2.75) is 20.0 Å². The largest absolute Gasteiger partial charge is 0.331 e. The van der Waals surface area contributed by atoms with Gasteiger partial charge in [-0.25, -0.2) is 9.78 Å². The fraction of sp³-hybridized carbons (Fsp3) is 0.462. The van der Waals surface area contributed by atoms with Gasteiger partial charge in [0.25, 0.3) is 0 Å². The van der Waals surface area contributed by atoms with Crippen LogP contribution < -0.4 is 10.6 Å². The zero-order valence-electron chi connectivity index (χ0n) is 12.7. The molecule has 0 radical (unpaired) electrons. The molecular formula is C13H20N6OS. The lowest BCUT2D eigenvalue weighted by Crippen LogP contribution is -2.29. The van der Waals surface area contributed by atoms with Crippen LogP contribution in [0.15, 0.2) is 11.6 Å². The van der Waals surface area contributed by atoms with Gasteiger partial charge in [-0.1, -0.05) is 0 Å². The smallest absolute Gasteiger partial charge is 0.320 e. The van der Waals surface area contributed by atoms with E-state index in [2.05, 4.69) is 25.6 Å². The van der Waals surface area contributed by atoms with Crippen molar-refractivity contribution in [3.63, 3.8) is 0 Å². The maximum absolute atomic E-state index is 11.9. The summed E-state index contributed by atoms with van der Waals surface area (Å²) >= 11 is 1.55. The van der Waals surface area contributed by atoms with Gasteiger partial charge in [0.1, 0.15) is 10.8 Å². The van der Waals surface area contributed by atoms with Gasteiger partial charge in [0.05, 0.1) is 18.4 Å². The molecular weight excluding hydrogens is 288 g/mol. The summed E-state index contributed by atoms with van der Waals surface area (Å²) in [6.07, 6.45) is 1.71. The molecule has 0 unspecified atom stereocenters. The Morgan fingerprint density at radius 3 is 2.86 bits per heavy atom. The molecule has 2 amide bonds. The first-order valence-corrected chi connectivity index (χ1v) is 7.45. The van der Waals surface area contributed by atoms with E-state index in [0.717, 1.165) is 22.8 Å². The van der Waals surface area contributed by atoms with E-state index in [4.69, 9.17) is 0 Å². The molecule has 0 atom stereocenters. The van der Waals surface area contributed by atoms with E-state index in [-0.39, 0.29) is 6.03 Å². The topological polar surface area (TPSA) is 75.1 Å². The number of carbonyl (C=O) groups excluding carboxylic acids is 1. The van der Waals surface area contributed by atoms with Crippen molar-refractivity contribution in [1.82, 2.24) is 25.0 Å². The van der Waals surface area contributed by atoms with Gasteiger partial charge in [0, 0.05) is 24.5 Å². The number of nitrogens with one attached hydrogen (secondary N) is 2. The number of amides is 2. The Kier molecular flexibility index (Phi) is 4.92. The number of carbonyl (C=O) groups is 1. The van der Waals surface area contributed by atoms with Gasteiger partial charge in [0.2, 0.25) is 0 Å². The average molecular weight is 308 g/mol. The van der Waals surface area contributed by atoms with Crippen molar-refractivity contribution in [2.24, 2.45) is 7.05 Å². The molecule has 2 aromatic heterocycles. The standard InChI is InChI=1S/C13H20N6OS/c1-9-5-15-19(4)12(9)17-13(20)14-6-11-16-10(8-21-11)7-18(2)3/h5,8H,6-7H2,1-4H3,(H2,14,17,20). The van der Waals surface area contributed by atoms with E-state index in [1.807, 2.05) is 26.4 Å². The number of aryl methyl sites for hydroxylation is 2. The lowest BCUT2D eigenvalue weighted by atomic mass is 10.4. The summed E-state index contributed by atoms with van der Waals surface area (Å²) in [4.78, 5) is 18.4. The van der Waals surface area contributed by atoms with Crippen LogP contribution in [0.25, 0.3) is 0 Å². The first kappa shape index (κ1) is 15.5. The Balaban J connectivity index is 1.85. The zero-order valence-corrected chi connectivity index (χ0v) is 13.5. The summed E-state index contributed by atoms with van der Waals surface area (Å²) in [5.74, 6) is 0.694. The molecule has 0 saturated heterocycles. The van der Waals surface area contributed by atoms with Crippen LogP contribution in [0.4, 0.5) is 10.6 Å². The monoisotopic (exact) mass is 308 g/mol. The number of hydrogen-bond acceptors (Lipinski definition) is 5. The highest BCUT2D eigenvalue weighted by atomic mass is 32.1. The second-order valence-electron chi connectivity index (χ2n) is 5.08. The van der Waals surface area contributed by atoms with Gasteiger partial charge in [-0.3, -0.25) is 10.00 Å². The van der Waals surface area contributed by atoms with Crippen LogP contribution in [0.5, 0.6) is 0 Å². The molecule has 7 nitrogen and oxygen atoms in total. The molecule has 2 N–H and O–H groups in total. The van der Waals surface area contributed by atoms with Crippen molar-refractivity contribution >= 4 is 23.2 Å². The van der Waals surface area contributed by atoms with Gasteiger partial charge in [-0.2, -0.15) is 5.10 Å². The van der Waals surface area contributed by atoms with Crippen LogP contribution in [0.1, 0.15) is 16.3 Å². The summed E-state index contributed by atoms with van der Waals surface area (Å²) in [7, 11) is 5.79. The molecule has 114 valence electrons. The molecule has 0 aliphatic carbocycles. The van der Waals surface area contributed by atoms with Gasteiger partial charge in [-0.15, -0.1) is 11.3 Å². The van der Waals surface area contributed by atoms with Crippen molar-refractivity contribution in [3.05, 3.63) is 27.8 Å². The van der Waals surface area contributed by atoms with Crippen LogP contribution in [0, 0.1) is 6.92 Å². The maximum atomic E-state index is 11.9. The maximum Gasteiger partial charge on any atom is 0.320 e. The van der Waals surface area contributed by atoms with E-state index in [1.54, 1.807) is 29.3 Å². The average Bonchev–Trinajstić information content (AvgIpc) is 2.97. The van der Waals surface area contributed by atoms with Crippen molar-refractivity contribution < 1.29 is 4.79 Å². The minimum absolute atomic E-state index is 0.258. The summed E-state index contributed by atoms with van der Waals surface area (Å²) in [5, 5.41) is 12.6. The first-order chi connectivity index (χ1) is 9.95. The normalized spacial score (nSPS) is 10.9. The Bertz CT molecular complexity index is 598. The van der Waals surface area contributed by atoms with Gasteiger partial charge in [-0.05, 0) is 21.0 Å². The highest BCUT2D eigenvalue weighted by Gasteiger charge is 2.09. The van der Waals surface area contributed by atoms with E-state index >= 15 is 0 Å². The Hall–Kier alpha value is -1.93.